The van der Waals surface area contributed by atoms with E-state index in [1.807, 2.05) is 74.6 Å². The second kappa shape index (κ2) is 8.35. The van der Waals surface area contributed by atoms with Crippen molar-refractivity contribution in [1.29, 1.82) is 0 Å². The van der Waals surface area contributed by atoms with Crippen molar-refractivity contribution in [2.75, 3.05) is 11.1 Å². The number of aromatic nitrogens is 4. The van der Waals surface area contributed by atoms with Crippen molar-refractivity contribution in [1.82, 2.24) is 19.7 Å². The first kappa shape index (κ1) is 20.6. The summed E-state index contributed by atoms with van der Waals surface area (Å²) in [7, 11) is 1.82. The SMILES string of the molecule is Cc1ccc(F)c(C(Nc2ccc3c(N)nccc3c2)c2nc(-c3ccccc3)nn2C)c1. The van der Waals surface area contributed by atoms with Gasteiger partial charge in [0.1, 0.15) is 17.7 Å². The third-order valence-electron chi connectivity index (χ3n) is 5.66. The number of nitrogens with zero attached hydrogens (tertiary/aromatic N) is 4. The summed E-state index contributed by atoms with van der Waals surface area (Å²) < 4.78 is 16.8. The van der Waals surface area contributed by atoms with Gasteiger partial charge in [0.15, 0.2) is 11.6 Å². The minimum absolute atomic E-state index is 0.309. The second-order valence-corrected chi connectivity index (χ2v) is 8.02. The topological polar surface area (TPSA) is 81.7 Å². The number of hydrogen-bond acceptors (Lipinski definition) is 5. The van der Waals surface area contributed by atoms with Gasteiger partial charge in [0.2, 0.25) is 0 Å². The Kier molecular flexibility index (Phi) is 5.22. The number of fused-ring (bicyclic) bond motifs is 1. The van der Waals surface area contributed by atoms with Gasteiger partial charge in [0.25, 0.3) is 0 Å². The van der Waals surface area contributed by atoms with E-state index in [1.165, 1.54) is 6.07 Å². The lowest BCUT2D eigenvalue weighted by Crippen LogP contribution is -2.18. The minimum atomic E-state index is -0.559. The molecule has 5 rings (SSSR count). The van der Waals surface area contributed by atoms with Crippen LogP contribution in [0, 0.1) is 12.7 Å². The first-order chi connectivity index (χ1) is 16.0. The average molecular weight is 439 g/mol. The molecule has 0 radical (unpaired) electrons. The Morgan fingerprint density at radius 1 is 1.00 bits per heavy atom. The fourth-order valence-corrected chi connectivity index (χ4v) is 3.98. The number of rotatable bonds is 5. The van der Waals surface area contributed by atoms with Gasteiger partial charge in [-0.2, -0.15) is 5.10 Å². The van der Waals surface area contributed by atoms with Crippen molar-refractivity contribution in [2.24, 2.45) is 7.05 Å². The van der Waals surface area contributed by atoms with Gasteiger partial charge in [-0.15, -0.1) is 0 Å². The van der Waals surface area contributed by atoms with Crippen LogP contribution in [0.25, 0.3) is 22.2 Å². The fourth-order valence-electron chi connectivity index (χ4n) is 3.98. The van der Waals surface area contributed by atoms with E-state index in [2.05, 4.69) is 15.4 Å². The lowest BCUT2D eigenvalue weighted by molar-refractivity contribution is 0.590. The number of aryl methyl sites for hydroxylation is 2. The van der Waals surface area contributed by atoms with E-state index in [4.69, 9.17) is 10.7 Å². The van der Waals surface area contributed by atoms with Crippen LogP contribution in [-0.2, 0) is 7.05 Å². The number of nitrogens with two attached hydrogens (primary N) is 1. The molecule has 33 heavy (non-hydrogen) atoms. The molecule has 7 heteroatoms. The highest BCUT2D eigenvalue weighted by molar-refractivity contribution is 5.92. The third kappa shape index (κ3) is 4.01. The molecule has 0 fully saturated rings. The van der Waals surface area contributed by atoms with Crippen molar-refractivity contribution in [2.45, 2.75) is 13.0 Å². The summed E-state index contributed by atoms with van der Waals surface area (Å²) in [6.07, 6.45) is 1.67. The number of nitrogens with one attached hydrogen (secondary N) is 1. The molecule has 3 N–H and O–H groups in total. The Labute approximate surface area is 190 Å². The molecule has 0 saturated carbocycles. The Bertz CT molecular complexity index is 1440. The van der Waals surface area contributed by atoms with E-state index in [1.54, 1.807) is 16.9 Å². The van der Waals surface area contributed by atoms with Crippen LogP contribution >= 0.6 is 0 Å². The van der Waals surface area contributed by atoms with Crippen molar-refractivity contribution >= 4 is 22.3 Å². The summed E-state index contributed by atoms with van der Waals surface area (Å²) in [6, 6.07) is 22.0. The molecule has 0 spiro atoms. The maximum atomic E-state index is 15.1. The first-order valence-corrected chi connectivity index (χ1v) is 10.6. The predicted octanol–water partition coefficient (Wildman–Crippen LogP) is 5.26. The zero-order chi connectivity index (χ0) is 22.9. The van der Waals surface area contributed by atoms with Gasteiger partial charge in [-0.3, -0.25) is 4.68 Å². The maximum absolute atomic E-state index is 15.1. The predicted molar refractivity (Wildman–Crippen MR) is 129 cm³/mol. The second-order valence-electron chi connectivity index (χ2n) is 8.02. The monoisotopic (exact) mass is 438 g/mol. The van der Waals surface area contributed by atoms with Crippen LogP contribution < -0.4 is 11.1 Å². The Balaban J connectivity index is 1.62. The molecular weight excluding hydrogens is 415 g/mol. The van der Waals surface area contributed by atoms with Crippen LogP contribution in [0.3, 0.4) is 0 Å². The average Bonchev–Trinajstić information content (AvgIpc) is 3.21. The summed E-state index contributed by atoms with van der Waals surface area (Å²) in [4.78, 5) is 8.94. The molecule has 2 aromatic heterocycles. The third-order valence-corrected chi connectivity index (χ3v) is 5.66. The molecule has 1 unspecified atom stereocenters. The van der Waals surface area contributed by atoms with E-state index >= 15 is 4.39 Å². The van der Waals surface area contributed by atoms with Gasteiger partial charge >= 0.3 is 0 Å². The molecule has 0 amide bonds. The zero-order valence-electron chi connectivity index (χ0n) is 18.3. The van der Waals surface area contributed by atoms with Gasteiger partial charge in [-0.05, 0) is 42.6 Å². The quantitative estimate of drug-likeness (QED) is 0.391. The largest absolute Gasteiger partial charge is 0.383 e. The molecule has 0 saturated heterocycles. The first-order valence-electron chi connectivity index (χ1n) is 10.6. The van der Waals surface area contributed by atoms with E-state index in [9.17, 15) is 0 Å². The molecule has 3 aromatic carbocycles. The van der Waals surface area contributed by atoms with Crippen LogP contribution in [0.15, 0.2) is 79.0 Å². The smallest absolute Gasteiger partial charge is 0.181 e. The Morgan fingerprint density at radius 3 is 2.64 bits per heavy atom. The van der Waals surface area contributed by atoms with Crippen LogP contribution in [-0.4, -0.2) is 19.7 Å². The number of pyridine rings is 1. The van der Waals surface area contributed by atoms with Crippen molar-refractivity contribution in [3.63, 3.8) is 0 Å². The highest BCUT2D eigenvalue weighted by atomic mass is 19.1. The van der Waals surface area contributed by atoms with E-state index < -0.39 is 6.04 Å². The summed E-state index contributed by atoms with van der Waals surface area (Å²) >= 11 is 0. The number of halogens is 1. The number of nitrogen functional groups attached to an aromatic ring is 1. The standard InChI is InChI=1S/C26H23FN6/c1-16-8-11-22(27)21(14-16)23(26-31-25(32-33(26)2)17-6-4-3-5-7-17)30-19-9-10-20-18(15-19)12-13-29-24(20)28/h3-15,23,30H,1-2H3,(H2,28,29). The van der Waals surface area contributed by atoms with E-state index in [0.717, 1.165) is 27.6 Å². The van der Waals surface area contributed by atoms with Crippen molar-refractivity contribution in [3.05, 3.63) is 102 Å². The molecular formula is C26H23FN6. The molecule has 1 atom stereocenters. The normalized spacial score (nSPS) is 12.1. The molecule has 0 aliphatic carbocycles. The highest BCUT2D eigenvalue weighted by Gasteiger charge is 2.24. The summed E-state index contributed by atoms with van der Waals surface area (Å²) in [5.41, 5.74) is 9.17. The van der Waals surface area contributed by atoms with Crippen LogP contribution in [0.5, 0.6) is 0 Å². The molecule has 6 nitrogen and oxygen atoms in total. The molecule has 2 heterocycles. The van der Waals surface area contributed by atoms with E-state index in [0.29, 0.717) is 23.0 Å². The lowest BCUT2D eigenvalue weighted by Gasteiger charge is -2.21. The molecule has 0 aliphatic rings. The van der Waals surface area contributed by atoms with Crippen molar-refractivity contribution < 1.29 is 4.39 Å². The van der Waals surface area contributed by atoms with Crippen LogP contribution in [0.1, 0.15) is 23.0 Å². The number of anilines is 2. The van der Waals surface area contributed by atoms with E-state index in [-0.39, 0.29) is 5.82 Å². The fraction of sp³-hybridized carbons (Fsp3) is 0.115. The molecule has 0 bridgehead atoms. The van der Waals surface area contributed by atoms with Gasteiger partial charge in [0.05, 0.1) is 0 Å². The summed E-state index contributed by atoms with van der Waals surface area (Å²) in [6.45, 7) is 1.94. The summed E-state index contributed by atoms with van der Waals surface area (Å²) in [5.74, 6) is 1.36. The maximum Gasteiger partial charge on any atom is 0.181 e. The number of hydrogen-bond donors (Lipinski definition) is 2. The van der Waals surface area contributed by atoms with Gasteiger partial charge in [-0.25, -0.2) is 14.4 Å². The van der Waals surface area contributed by atoms with Gasteiger partial charge < -0.3 is 11.1 Å². The Hall–Kier alpha value is -4.26. The number of benzene rings is 3. The lowest BCUT2D eigenvalue weighted by atomic mass is 10.0. The zero-order valence-corrected chi connectivity index (χ0v) is 18.3. The van der Waals surface area contributed by atoms with Gasteiger partial charge in [-0.1, -0.05) is 48.0 Å². The highest BCUT2D eigenvalue weighted by Crippen LogP contribution is 2.31. The van der Waals surface area contributed by atoms with Gasteiger partial charge in [0, 0.05) is 35.4 Å². The van der Waals surface area contributed by atoms with Crippen LogP contribution in [0.4, 0.5) is 15.9 Å². The van der Waals surface area contributed by atoms with Crippen molar-refractivity contribution in [3.8, 4) is 11.4 Å². The molecule has 0 aliphatic heterocycles. The minimum Gasteiger partial charge on any atom is -0.383 e. The Morgan fingerprint density at radius 2 is 1.82 bits per heavy atom. The van der Waals surface area contributed by atoms with Crippen LogP contribution in [0.2, 0.25) is 0 Å². The summed E-state index contributed by atoms with van der Waals surface area (Å²) in [5, 5.41) is 9.88. The molecule has 164 valence electrons. The molecule has 5 aromatic rings.